The van der Waals surface area contributed by atoms with Crippen molar-refractivity contribution in [1.82, 2.24) is 0 Å². The van der Waals surface area contributed by atoms with E-state index in [4.69, 9.17) is 4.74 Å². The maximum Gasteiger partial charge on any atom is 0.183 e. The fraction of sp³-hybridized carbons (Fsp3) is 0.700. The zero-order chi connectivity index (χ0) is 9.35. The lowest BCUT2D eigenvalue weighted by Crippen LogP contribution is -2.36. The summed E-state index contributed by atoms with van der Waals surface area (Å²) in [5.41, 5.74) is 0.0749. The van der Waals surface area contributed by atoms with Gasteiger partial charge in [-0.2, -0.15) is 0 Å². The topological polar surface area (TPSA) is 26.3 Å². The second-order valence-corrected chi connectivity index (χ2v) is 4.33. The van der Waals surface area contributed by atoms with Gasteiger partial charge in [-0.1, -0.05) is 26.8 Å². The van der Waals surface area contributed by atoms with Gasteiger partial charge in [-0.25, -0.2) is 0 Å². The number of hydrogen-bond acceptors (Lipinski definition) is 2. The highest BCUT2D eigenvalue weighted by molar-refractivity contribution is 5.93. The molecule has 2 unspecified atom stereocenters. The predicted molar refractivity (Wildman–Crippen MR) is 47.9 cm³/mol. The lowest BCUT2D eigenvalue weighted by Gasteiger charge is -2.32. The third-order valence-corrected chi connectivity index (χ3v) is 2.04. The van der Waals surface area contributed by atoms with Gasteiger partial charge in [0.25, 0.3) is 0 Å². The monoisotopic (exact) mass is 168 g/mol. The summed E-state index contributed by atoms with van der Waals surface area (Å²) in [7, 11) is 0. The summed E-state index contributed by atoms with van der Waals surface area (Å²) in [5, 5.41) is 0. The van der Waals surface area contributed by atoms with Gasteiger partial charge in [-0.15, -0.1) is 0 Å². The van der Waals surface area contributed by atoms with Gasteiger partial charge in [0.1, 0.15) is 6.10 Å². The molecule has 0 aromatic carbocycles. The molecule has 1 rings (SSSR count). The van der Waals surface area contributed by atoms with E-state index >= 15 is 0 Å². The molecule has 2 nitrogen and oxygen atoms in total. The van der Waals surface area contributed by atoms with E-state index in [0.717, 1.165) is 0 Å². The molecule has 0 aromatic rings. The Morgan fingerprint density at radius 3 is 2.42 bits per heavy atom. The Kier molecular flexibility index (Phi) is 2.38. The Balaban J connectivity index is 2.74. The van der Waals surface area contributed by atoms with E-state index in [1.54, 1.807) is 13.0 Å². The highest BCUT2D eigenvalue weighted by Crippen LogP contribution is 2.26. The van der Waals surface area contributed by atoms with Gasteiger partial charge in [0.05, 0.1) is 6.10 Å². The number of ether oxygens (including phenoxy) is 1. The first-order chi connectivity index (χ1) is 5.41. The normalized spacial score (nSPS) is 30.8. The van der Waals surface area contributed by atoms with Crippen LogP contribution in [0.2, 0.25) is 0 Å². The smallest absolute Gasteiger partial charge is 0.183 e. The Bertz CT molecular complexity index is 210. The van der Waals surface area contributed by atoms with E-state index in [9.17, 15) is 4.79 Å². The largest absolute Gasteiger partial charge is 0.363 e. The third-order valence-electron chi connectivity index (χ3n) is 2.04. The van der Waals surface area contributed by atoms with Crippen molar-refractivity contribution in [3.8, 4) is 0 Å². The minimum absolute atomic E-state index is 0.0604. The van der Waals surface area contributed by atoms with Gasteiger partial charge in [-0.05, 0) is 18.4 Å². The van der Waals surface area contributed by atoms with Gasteiger partial charge in [0.2, 0.25) is 0 Å². The zero-order valence-electron chi connectivity index (χ0n) is 8.13. The summed E-state index contributed by atoms with van der Waals surface area (Å²) in [6.45, 7) is 8.10. The molecule has 0 bridgehead atoms. The summed E-state index contributed by atoms with van der Waals surface area (Å²) < 4.78 is 5.53. The molecule has 1 heterocycles. The first kappa shape index (κ1) is 9.46. The molecule has 68 valence electrons. The Labute approximate surface area is 73.6 Å². The fourth-order valence-corrected chi connectivity index (χ4v) is 1.14. The van der Waals surface area contributed by atoms with E-state index in [1.807, 2.05) is 6.08 Å². The number of carbonyl (C=O) groups excluding carboxylic acids is 1. The van der Waals surface area contributed by atoms with E-state index in [-0.39, 0.29) is 23.4 Å². The standard InChI is InChI=1S/C10H16O2/c1-7-8(11)5-6-9(12-7)10(2,3)4/h5-7,9H,1-4H3. The lowest BCUT2D eigenvalue weighted by atomic mass is 9.87. The van der Waals surface area contributed by atoms with Crippen LogP contribution in [0.5, 0.6) is 0 Å². The molecule has 0 fully saturated rings. The number of rotatable bonds is 0. The van der Waals surface area contributed by atoms with Crippen LogP contribution in [0.25, 0.3) is 0 Å². The number of carbonyl (C=O) groups is 1. The number of ketones is 1. The van der Waals surface area contributed by atoms with Gasteiger partial charge in [0.15, 0.2) is 5.78 Å². The maximum absolute atomic E-state index is 11.1. The molecule has 0 saturated heterocycles. The Morgan fingerprint density at radius 2 is 2.00 bits per heavy atom. The summed E-state index contributed by atoms with van der Waals surface area (Å²) in [4.78, 5) is 11.1. The van der Waals surface area contributed by atoms with Crippen LogP contribution in [0.3, 0.4) is 0 Å². The van der Waals surface area contributed by atoms with Crippen molar-refractivity contribution in [2.75, 3.05) is 0 Å². The van der Waals surface area contributed by atoms with Crippen molar-refractivity contribution in [2.45, 2.75) is 39.9 Å². The van der Waals surface area contributed by atoms with Crippen LogP contribution in [0.15, 0.2) is 12.2 Å². The van der Waals surface area contributed by atoms with Crippen molar-refractivity contribution in [3.05, 3.63) is 12.2 Å². The minimum atomic E-state index is -0.278. The first-order valence-electron chi connectivity index (χ1n) is 4.29. The van der Waals surface area contributed by atoms with Crippen LogP contribution in [-0.4, -0.2) is 18.0 Å². The SMILES string of the molecule is CC1OC(C(C)(C)C)C=CC1=O. The van der Waals surface area contributed by atoms with Crippen molar-refractivity contribution in [3.63, 3.8) is 0 Å². The van der Waals surface area contributed by atoms with Crippen molar-refractivity contribution in [2.24, 2.45) is 5.41 Å². The van der Waals surface area contributed by atoms with Crippen LogP contribution in [0.1, 0.15) is 27.7 Å². The second-order valence-electron chi connectivity index (χ2n) is 4.33. The molecule has 0 spiro atoms. The van der Waals surface area contributed by atoms with Crippen LogP contribution in [-0.2, 0) is 9.53 Å². The summed E-state index contributed by atoms with van der Waals surface area (Å²) >= 11 is 0. The molecular weight excluding hydrogens is 152 g/mol. The molecule has 0 saturated carbocycles. The highest BCUT2D eigenvalue weighted by Gasteiger charge is 2.29. The fourth-order valence-electron chi connectivity index (χ4n) is 1.14. The first-order valence-corrected chi connectivity index (χ1v) is 4.29. The molecule has 0 radical (unpaired) electrons. The van der Waals surface area contributed by atoms with Gasteiger partial charge in [0, 0.05) is 0 Å². The highest BCUT2D eigenvalue weighted by atomic mass is 16.5. The average Bonchev–Trinajstić information content (AvgIpc) is 1.92. The average molecular weight is 168 g/mol. The zero-order valence-corrected chi connectivity index (χ0v) is 8.13. The van der Waals surface area contributed by atoms with Crippen LogP contribution < -0.4 is 0 Å². The van der Waals surface area contributed by atoms with E-state index in [1.165, 1.54) is 0 Å². The van der Waals surface area contributed by atoms with E-state index < -0.39 is 0 Å². The van der Waals surface area contributed by atoms with E-state index in [0.29, 0.717) is 0 Å². The molecule has 12 heavy (non-hydrogen) atoms. The maximum atomic E-state index is 11.1. The molecule has 0 amide bonds. The van der Waals surface area contributed by atoms with Crippen LogP contribution in [0, 0.1) is 5.41 Å². The minimum Gasteiger partial charge on any atom is -0.363 e. The molecule has 2 atom stereocenters. The van der Waals surface area contributed by atoms with Crippen molar-refractivity contribution >= 4 is 5.78 Å². The predicted octanol–water partition coefficient (Wildman–Crippen LogP) is 1.95. The van der Waals surface area contributed by atoms with Gasteiger partial charge in [-0.3, -0.25) is 4.79 Å². The van der Waals surface area contributed by atoms with Gasteiger partial charge >= 0.3 is 0 Å². The molecule has 1 aliphatic heterocycles. The molecule has 1 aliphatic rings. The van der Waals surface area contributed by atoms with Crippen LogP contribution in [0.4, 0.5) is 0 Å². The third kappa shape index (κ3) is 1.95. The summed E-state index contributed by atoms with van der Waals surface area (Å²) in [6, 6.07) is 0. The molecule has 2 heteroatoms. The van der Waals surface area contributed by atoms with E-state index in [2.05, 4.69) is 20.8 Å². The summed E-state index contributed by atoms with van der Waals surface area (Å²) in [5.74, 6) is 0.0653. The lowest BCUT2D eigenvalue weighted by molar-refractivity contribution is -0.132. The van der Waals surface area contributed by atoms with Gasteiger partial charge < -0.3 is 4.74 Å². The number of hydrogen-bond donors (Lipinski definition) is 0. The van der Waals surface area contributed by atoms with Crippen molar-refractivity contribution in [1.29, 1.82) is 0 Å². The molecule has 0 N–H and O–H groups in total. The quantitative estimate of drug-likeness (QED) is 0.552. The Morgan fingerprint density at radius 1 is 1.42 bits per heavy atom. The second kappa shape index (κ2) is 3.02. The summed E-state index contributed by atoms with van der Waals surface area (Å²) in [6.07, 6.45) is 3.26. The van der Waals surface area contributed by atoms with Crippen molar-refractivity contribution < 1.29 is 9.53 Å². The Hall–Kier alpha value is -0.630. The molecule has 0 aromatic heterocycles. The van der Waals surface area contributed by atoms with Crippen LogP contribution >= 0.6 is 0 Å². The molecule has 0 aliphatic carbocycles. The molecular formula is C10H16O2.